The minimum absolute atomic E-state index is 0.265. The minimum atomic E-state index is 0.265. The van der Waals surface area contributed by atoms with Gasteiger partial charge in [-0.25, -0.2) is 4.98 Å². The number of hydrogen-bond donors (Lipinski definition) is 0. The summed E-state index contributed by atoms with van der Waals surface area (Å²) in [7, 11) is 0. The molecule has 2 aliphatic rings. The highest BCUT2D eigenvalue weighted by atomic mass is 15.2. The van der Waals surface area contributed by atoms with Crippen molar-refractivity contribution in [1.82, 2.24) is 9.55 Å². The summed E-state index contributed by atoms with van der Waals surface area (Å²) in [6, 6.07) is 44.3. The third-order valence-electron chi connectivity index (χ3n) is 9.92. The van der Waals surface area contributed by atoms with E-state index in [4.69, 9.17) is 4.98 Å². The van der Waals surface area contributed by atoms with Crippen LogP contribution in [0.1, 0.15) is 34.8 Å². The summed E-state index contributed by atoms with van der Waals surface area (Å²) in [5.74, 6) is 0.842. The van der Waals surface area contributed by atoms with Crippen molar-refractivity contribution in [3.8, 4) is 0 Å². The lowest BCUT2D eigenvalue weighted by atomic mass is 9.99. The first-order chi connectivity index (χ1) is 28.1. The normalized spacial score (nSPS) is 15.3. The number of aliphatic imine (C=N–C) groups is 3. The monoisotopic (exact) mass is 742 g/mol. The number of rotatable bonds is 8. The zero-order valence-corrected chi connectivity index (χ0v) is 32.2. The Bertz CT molecular complexity index is 2680. The Morgan fingerprint density at radius 2 is 1.37 bits per heavy atom. The number of fused-ring (bicyclic) bond motifs is 5. The van der Waals surface area contributed by atoms with Gasteiger partial charge in [0.1, 0.15) is 5.82 Å². The van der Waals surface area contributed by atoms with E-state index >= 15 is 0 Å². The van der Waals surface area contributed by atoms with E-state index in [2.05, 4.69) is 154 Å². The Hall–Kier alpha value is -7.18. The summed E-state index contributed by atoms with van der Waals surface area (Å²) >= 11 is 0. The summed E-state index contributed by atoms with van der Waals surface area (Å²) < 4.78 is 2.47. The fraction of sp³-hybridized carbons (Fsp3) is 0.0980. The van der Waals surface area contributed by atoms with Gasteiger partial charge in [0.15, 0.2) is 0 Å². The molecule has 5 aromatic carbocycles. The molecule has 1 atom stereocenters. The molecule has 0 radical (unpaired) electrons. The highest BCUT2D eigenvalue weighted by Gasteiger charge is 2.22. The molecule has 0 amide bonds. The van der Waals surface area contributed by atoms with Crippen molar-refractivity contribution in [3.05, 3.63) is 205 Å². The fourth-order valence-corrected chi connectivity index (χ4v) is 7.27. The van der Waals surface area contributed by atoms with Gasteiger partial charge in [-0.1, -0.05) is 134 Å². The maximum absolute atomic E-state index is 4.88. The Morgan fingerprint density at radius 3 is 2.16 bits per heavy atom. The number of benzene rings is 5. The number of aromatic nitrogens is 2. The van der Waals surface area contributed by atoms with Crippen LogP contribution in [-0.2, 0) is 19.6 Å². The van der Waals surface area contributed by atoms with Gasteiger partial charge in [0, 0.05) is 28.1 Å². The van der Waals surface area contributed by atoms with Crippen molar-refractivity contribution >= 4 is 69.8 Å². The zero-order chi connectivity index (χ0) is 39.4. The molecular weight excluding hydrogens is 697 g/mol. The smallest absolute Gasteiger partial charge is 0.137 e. The lowest BCUT2D eigenvalue weighted by Gasteiger charge is -2.25. The van der Waals surface area contributed by atoms with E-state index in [0.717, 1.165) is 41.3 Å². The molecule has 0 N–H and O–H groups in total. The molecule has 3 heterocycles. The number of para-hydroxylation sites is 1. The van der Waals surface area contributed by atoms with Crippen molar-refractivity contribution in [2.75, 3.05) is 4.90 Å². The molecule has 9 rings (SSSR count). The van der Waals surface area contributed by atoms with Gasteiger partial charge in [0.2, 0.25) is 0 Å². The van der Waals surface area contributed by atoms with Gasteiger partial charge in [-0.3, -0.25) is 15.0 Å². The number of hydrogen-bond acceptors (Lipinski definition) is 5. The van der Waals surface area contributed by atoms with Gasteiger partial charge in [-0.2, -0.15) is 0 Å². The number of anilines is 2. The van der Waals surface area contributed by atoms with Gasteiger partial charge in [-0.05, 0) is 96.5 Å². The van der Waals surface area contributed by atoms with Crippen molar-refractivity contribution in [2.24, 2.45) is 15.0 Å². The van der Waals surface area contributed by atoms with E-state index in [1.165, 1.54) is 43.7 Å². The van der Waals surface area contributed by atoms with Crippen LogP contribution in [0.5, 0.6) is 0 Å². The maximum Gasteiger partial charge on any atom is 0.137 e. The van der Waals surface area contributed by atoms with Gasteiger partial charge < -0.3 is 9.47 Å². The van der Waals surface area contributed by atoms with Crippen LogP contribution in [0, 0.1) is 0 Å². The predicted molar refractivity (Wildman–Crippen MR) is 245 cm³/mol. The van der Waals surface area contributed by atoms with Crippen molar-refractivity contribution in [3.63, 3.8) is 0 Å². The SMILES string of the molecule is C=NCc1ccc2ccccc2c1.C=NCc1cccc(N2/C=C\C=C/C(=C)c3cc4c5ccccc5n(C5C=CC=CC5)c4cc32)n1.C=NCc1ccccc1. The van der Waals surface area contributed by atoms with Gasteiger partial charge in [0.25, 0.3) is 0 Å². The zero-order valence-electron chi connectivity index (χ0n) is 32.2. The Morgan fingerprint density at radius 1 is 0.614 bits per heavy atom. The summed E-state index contributed by atoms with van der Waals surface area (Å²) in [4.78, 5) is 18.7. The molecule has 0 saturated heterocycles. The van der Waals surface area contributed by atoms with Gasteiger partial charge in [-0.15, -0.1) is 0 Å². The Labute approximate surface area is 335 Å². The molecule has 280 valence electrons. The molecular formula is C51H46N6. The van der Waals surface area contributed by atoms with E-state index in [9.17, 15) is 0 Å². The van der Waals surface area contributed by atoms with E-state index in [-0.39, 0.29) is 6.04 Å². The lowest BCUT2D eigenvalue weighted by Crippen LogP contribution is -2.14. The van der Waals surface area contributed by atoms with E-state index < -0.39 is 0 Å². The summed E-state index contributed by atoms with van der Waals surface area (Å²) in [6.45, 7) is 16.8. The molecule has 0 bridgehead atoms. The third kappa shape index (κ3) is 8.87. The predicted octanol–water partition coefficient (Wildman–Crippen LogP) is 12.6. The maximum atomic E-state index is 4.88. The Balaban J connectivity index is 0.000000183. The number of nitrogens with zero attached hydrogens (tertiary/aromatic N) is 6. The fourth-order valence-electron chi connectivity index (χ4n) is 7.27. The molecule has 1 unspecified atom stereocenters. The molecule has 0 saturated carbocycles. The molecule has 7 aromatic rings. The van der Waals surface area contributed by atoms with Crippen LogP contribution >= 0.6 is 0 Å². The van der Waals surface area contributed by atoms with Gasteiger partial charge >= 0.3 is 0 Å². The molecule has 57 heavy (non-hydrogen) atoms. The first-order valence-corrected chi connectivity index (χ1v) is 19.1. The first-order valence-electron chi connectivity index (χ1n) is 19.1. The first kappa shape index (κ1) is 38.1. The standard InChI is InChI=1S/C31H26N4.C12H11N.C8H9N/c1-22-11-8-9-18-34(31-17-10-12-23(33-31)21-32-2)29-20-30-27(19-26(22)29)25-15-6-7-16-28(25)35(30)24-13-4-3-5-14-24;1-13-9-10-6-7-11-4-2-3-5-12(11)8-10;1-9-7-8-5-3-2-4-6-8/h3-13,15-20,24H,1-2,14,21H2;2-8H,1,9H2;2-6H,1,7H2/b11-8-,18-9-;;. The number of allylic oxidation sites excluding steroid dienone is 8. The molecule has 1 aliphatic heterocycles. The summed E-state index contributed by atoms with van der Waals surface area (Å²) in [5.41, 5.74) is 8.88. The largest absolute Gasteiger partial charge is 0.333 e. The molecule has 0 spiro atoms. The second-order valence-corrected chi connectivity index (χ2v) is 13.8. The van der Waals surface area contributed by atoms with Crippen LogP contribution in [-0.4, -0.2) is 29.7 Å². The second-order valence-electron chi connectivity index (χ2n) is 13.8. The quantitative estimate of drug-likeness (QED) is 0.146. The van der Waals surface area contributed by atoms with Crippen LogP contribution in [0.25, 0.3) is 38.2 Å². The number of pyridine rings is 1. The molecule has 1 aliphatic carbocycles. The third-order valence-corrected chi connectivity index (χ3v) is 9.92. The van der Waals surface area contributed by atoms with Crippen molar-refractivity contribution in [1.29, 1.82) is 0 Å². The molecule has 6 nitrogen and oxygen atoms in total. The van der Waals surface area contributed by atoms with Crippen LogP contribution in [0.4, 0.5) is 11.5 Å². The van der Waals surface area contributed by atoms with E-state index in [1.807, 2.05) is 72.8 Å². The summed E-state index contributed by atoms with van der Waals surface area (Å²) in [6.07, 6.45) is 18.0. The van der Waals surface area contributed by atoms with E-state index in [1.54, 1.807) is 0 Å². The van der Waals surface area contributed by atoms with Crippen molar-refractivity contribution in [2.45, 2.75) is 32.1 Å². The van der Waals surface area contributed by atoms with Gasteiger partial charge in [0.05, 0.1) is 42.6 Å². The molecule has 2 aromatic heterocycles. The van der Waals surface area contributed by atoms with E-state index in [0.29, 0.717) is 13.1 Å². The van der Waals surface area contributed by atoms with Crippen LogP contribution in [0.2, 0.25) is 0 Å². The second kappa shape index (κ2) is 18.4. The highest BCUT2D eigenvalue weighted by Crippen LogP contribution is 2.42. The van der Waals surface area contributed by atoms with Crippen LogP contribution in [0.15, 0.2) is 198 Å². The Kier molecular flexibility index (Phi) is 12.3. The van der Waals surface area contributed by atoms with Crippen LogP contribution in [0.3, 0.4) is 0 Å². The highest BCUT2D eigenvalue weighted by molar-refractivity contribution is 6.11. The average Bonchev–Trinajstić information content (AvgIpc) is 3.57. The molecule has 0 fully saturated rings. The summed E-state index contributed by atoms with van der Waals surface area (Å²) in [5, 5.41) is 5.03. The lowest BCUT2D eigenvalue weighted by molar-refractivity contribution is 0.648. The minimum Gasteiger partial charge on any atom is -0.333 e. The van der Waals surface area contributed by atoms with Crippen molar-refractivity contribution < 1.29 is 0 Å². The van der Waals surface area contributed by atoms with Crippen LogP contribution < -0.4 is 4.90 Å². The topological polar surface area (TPSA) is 58.1 Å². The average molecular weight is 743 g/mol. The molecule has 6 heteroatoms.